The zero-order valence-electron chi connectivity index (χ0n) is 10.0. The summed E-state index contributed by atoms with van der Waals surface area (Å²) in [5.74, 6) is 0.784. The highest BCUT2D eigenvalue weighted by molar-refractivity contribution is 9.09. The molecule has 3 nitrogen and oxygen atoms in total. The van der Waals surface area contributed by atoms with Crippen molar-refractivity contribution in [2.24, 2.45) is 5.92 Å². The van der Waals surface area contributed by atoms with Crippen molar-refractivity contribution >= 4 is 21.8 Å². The monoisotopic (exact) mass is 289 g/mol. The van der Waals surface area contributed by atoms with Crippen LogP contribution >= 0.6 is 15.9 Å². The van der Waals surface area contributed by atoms with Crippen molar-refractivity contribution in [3.05, 3.63) is 0 Å². The highest BCUT2D eigenvalue weighted by Gasteiger charge is 2.45. The number of carbonyl (C=O) groups is 1. The van der Waals surface area contributed by atoms with Crippen LogP contribution in [0.2, 0.25) is 0 Å². The summed E-state index contributed by atoms with van der Waals surface area (Å²) in [5.41, 5.74) is -0.551. The van der Waals surface area contributed by atoms with Crippen LogP contribution in [0.3, 0.4) is 0 Å². The van der Waals surface area contributed by atoms with E-state index in [0.29, 0.717) is 12.0 Å². The number of carbonyl (C=O) groups excluding carboxylic acids is 1. The third-order valence-corrected chi connectivity index (χ3v) is 4.64. The van der Waals surface area contributed by atoms with E-state index in [0.717, 1.165) is 37.7 Å². The SMILES string of the molecule is CC1CCN(C(=O)C2(C)CCCO2)C1CBr. The van der Waals surface area contributed by atoms with Gasteiger partial charge in [-0.15, -0.1) is 0 Å². The highest BCUT2D eigenvalue weighted by Crippen LogP contribution is 2.33. The van der Waals surface area contributed by atoms with E-state index in [2.05, 4.69) is 22.9 Å². The van der Waals surface area contributed by atoms with Gasteiger partial charge in [0.05, 0.1) is 0 Å². The lowest BCUT2D eigenvalue weighted by atomic mass is 9.99. The Bertz CT molecular complexity index is 276. The van der Waals surface area contributed by atoms with Gasteiger partial charge in [-0.3, -0.25) is 4.79 Å². The molecule has 2 rings (SSSR count). The van der Waals surface area contributed by atoms with Crippen molar-refractivity contribution in [2.75, 3.05) is 18.5 Å². The number of hydrogen-bond acceptors (Lipinski definition) is 2. The number of ether oxygens (including phenoxy) is 1. The maximum Gasteiger partial charge on any atom is 0.254 e. The van der Waals surface area contributed by atoms with Crippen LogP contribution in [-0.2, 0) is 9.53 Å². The smallest absolute Gasteiger partial charge is 0.254 e. The van der Waals surface area contributed by atoms with Gasteiger partial charge in [0.1, 0.15) is 5.60 Å². The average molecular weight is 290 g/mol. The summed E-state index contributed by atoms with van der Waals surface area (Å²) >= 11 is 3.52. The molecule has 3 atom stereocenters. The van der Waals surface area contributed by atoms with E-state index < -0.39 is 5.60 Å². The average Bonchev–Trinajstić information content (AvgIpc) is 2.84. The molecule has 0 N–H and O–H groups in total. The largest absolute Gasteiger partial charge is 0.365 e. The van der Waals surface area contributed by atoms with Crippen LogP contribution in [0.5, 0.6) is 0 Å². The number of nitrogens with zero attached hydrogens (tertiary/aromatic N) is 1. The number of hydrogen-bond donors (Lipinski definition) is 0. The molecule has 92 valence electrons. The van der Waals surface area contributed by atoms with Crippen molar-refractivity contribution in [1.82, 2.24) is 4.90 Å². The van der Waals surface area contributed by atoms with Gasteiger partial charge in [0.15, 0.2) is 0 Å². The summed E-state index contributed by atoms with van der Waals surface area (Å²) in [6, 6.07) is 0.341. The minimum absolute atomic E-state index is 0.193. The van der Waals surface area contributed by atoms with Crippen LogP contribution in [0.15, 0.2) is 0 Å². The maximum atomic E-state index is 12.5. The van der Waals surface area contributed by atoms with Crippen molar-refractivity contribution in [3.8, 4) is 0 Å². The van der Waals surface area contributed by atoms with E-state index in [4.69, 9.17) is 4.74 Å². The first-order chi connectivity index (χ1) is 7.58. The van der Waals surface area contributed by atoms with E-state index in [1.807, 2.05) is 11.8 Å². The van der Waals surface area contributed by atoms with Gasteiger partial charge in [-0.25, -0.2) is 0 Å². The van der Waals surface area contributed by atoms with E-state index in [1.54, 1.807) is 0 Å². The molecule has 0 aromatic heterocycles. The van der Waals surface area contributed by atoms with Crippen LogP contribution in [-0.4, -0.2) is 40.9 Å². The molecular weight excluding hydrogens is 270 g/mol. The van der Waals surface area contributed by atoms with Crippen LogP contribution in [0.4, 0.5) is 0 Å². The Hall–Kier alpha value is -0.0900. The molecule has 0 spiro atoms. The standard InChI is InChI=1S/C12H20BrNO2/c1-9-4-6-14(10(9)8-13)11(15)12(2)5-3-7-16-12/h9-10H,3-8H2,1-2H3. The lowest BCUT2D eigenvalue weighted by Gasteiger charge is -2.32. The number of alkyl halides is 1. The molecule has 2 fully saturated rings. The predicted octanol–water partition coefficient (Wildman–Crippen LogP) is 2.19. The van der Waals surface area contributed by atoms with Gasteiger partial charge in [-0.05, 0) is 32.1 Å². The normalized spacial score (nSPS) is 39.3. The van der Waals surface area contributed by atoms with Gasteiger partial charge in [-0.1, -0.05) is 22.9 Å². The number of rotatable bonds is 2. The molecule has 0 aliphatic carbocycles. The topological polar surface area (TPSA) is 29.5 Å². The zero-order chi connectivity index (χ0) is 11.8. The Morgan fingerprint density at radius 2 is 2.38 bits per heavy atom. The third kappa shape index (κ3) is 2.02. The summed E-state index contributed by atoms with van der Waals surface area (Å²) in [6.07, 6.45) is 2.98. The Morgan fingerprint density at radius 3 is 2.94 bits per heavy atom. The maximum absolute atomic E-state index is 12.5. The second kappa shape index (κ2) is 4.65. The predicted molar refractivity (Wildman–Crippen MR) is 66.7 cm³/mol. The number of halogens is 1. The fourth-order valence-electron chi connectivity index (χ4n) is 2.75. The van der Waals surface area contributed by atoms with Crippen molar-refractivity contribution in [2.45, 2.75) is 44.8 Å². The minimum atomic E-state index is -0.551. The molecule has 1 amide bonds. The number of amides is 1. The third-order valence-electron chi connectivity index (χ3n) is 3.97. The molecule has 0 saturated carbocycles. The van der Waals surface area contributed by atoms with E-state index >= 15 is 0 Å². The highest BCUT2D eigenvalue weighted by atomic mass is 79.9. The molecule has 2 aliphatic heterocycles. The van der Waals surface area contributed by atoms with Crippen molar-refractivity contribution in [3.63, 3.8) is 0 Å². The van der Waals surface area contributed by atoms with Crippen molar-refractivity contribution in [1.29, 1.82) is 0 Å². The molecule has 2 saturated heterocycles. The molecule has 0 aromatic rings. The summed E-state index contributed by atoms with van der Waals surface area (Å²) in [6.45, 7) is 5.77. The molecule has 2 heterocycles. The van der Waals surface area contributed by atoms with Crippen molar-refractivity contribution < 1.29 is 9.53 Å². The van der Waals surface area contributed by atoms with E-state index in [-0.39, 0.29) is 5.91 Å². The molecule has 4 heteroatoms. The fraction of sp³-hybridized carbons (Fsp3) is 0.917. The van der Waals surface area contributed by atoms with Gasteiger partial charge in [0.25, 0.3) is 5.91 Å². The first kappa shape index (κ1) is 12.4. The number of likely N-dealkylation sites (tertiary alicyclic amines) is 1. The molecule has 0 radical (unpaired) electrons. The van der Waals surface area contributed by atoms with Gasteiger partial charge in [0.2, 0.25) is 0 Å². The molecule has 0 bridgehead atoms. The second-order valence-electron chi connectivity index (χ2n) is 5.17. The Kier molecular flexibility index (Phi) is 3.59. The molecule has 3 unspecified atom stereocenters. The van der Waals surface area contributed by atoms with Crippen LogP contribution in [0, 0.1) is 5.92 Å². The molecular formula is C12H20BrNO2. The molecule has 0 aromatic carbocycles. The van der Waals surface area contributed by atoms with Gasteiger partial charge in [0, 0.05) is 24.5 Å². The van der Waals surface area contributed by atoms with Gasteiger partial charge >= 0.3 is 0 Å². The first-order valence-corrected chi connectivity index (χ1v) is 7.21. The van der Waals surface area contributed by atoms with Crippen LogP contribution in [0.25, 0.3) is 0 Å². The Morgan fingerprint density at radius 1 is 1.62 bits per heavy atom. The first-order valence-electron chi connectivity index (χ1n) is 6.09. The lowest BCUT2D eigenvalue weighted by molar-refractivity contribution is -0.151. The van der Waals surface area contributed by atoms with Crippen LogP contribution in [0.1, 0.15) is 33.1 Å². The molecule has 2 aliphatic rings. The van der Waals surface area contributed by atoms with E-state index in [9.17, 15) is 4.79 Å². The Labute approximate surface area is 106 Å². The van der Waals surface area contributed by atoms with Gasteiger partial charge in [-0.2, -0.15) is 0 Å². The zero-order valence-corrected chi connectivity index (χ0v) is 11.6. The minimum Gasteiger partial charge on any atom is -0.365 e. The summed E-state index contributed by atoms with van der Waals surface area (Å²) in [4.78, 5) is 14.5. The molecule has 16 heavy (non-hydrogen) atoms. The lowest BCUT2D eigenvalue weighted by Crippen LogP contribution is -2.50. The summed E-state index contributed by atoms with van der Waals surface area (Å²) in [5, 5.41) is 0.871. The van der Waals surface area contributed by atoms with Crippen LogP contribution < -0.4 is 0 Å². The van der Waals surface area contributed by atoms with Gasteiger partial charge < -0.3 is 9.64 Å². The Balaban J connectivity index is 2.09. The summed E-state index contributed by atoms with van der Waals surface area (Å²) in [7, 11) is 0. The fourth-order valence-corrected chi connectivity index (χ4v) is 3.73. The van der Waals surface area contributed by atoms with E-state index in [1.165, 1.54) is 0 Å². The second-order valence-corrected chi connectivity index (χ2v) is 5.82. The quantitative estimate of drug-likeness (QED) is 0.730. The summed E-state index contributed by atoms with van der Waals surface area (Å²) < 4.78 is 5.64.